The zero-order chi connectivity index (χ0) is 16.1. The number of aromatic amines is 2. The van der Waals surface area contributed by atoms with Crippen LogP contribution < -0.4 is 5.56 Å². The molecule has 0 aliphatic rings. The van der Waals surface area contributed by atoms with Gasteiger partial charge in [0.15, 0.2) is 0 Å². The predicted octanol–water partition coefficient (Wildman–Crippen LogP) is 4.16. The summed E-state index contributed by atoms with van der Waals surface area (Å²) in [5.74, 6) is 0. The number of H-pyrrole nitrogens is 2. The molecule has 22 heavy (non-hydrogen) atoms. The average Bonchev–Trinajstić information content (AvgIpc) is 2.75. The van der Waals surface area contributed by atoms with E-state index in [9.17, 15) is 18.0 Å². The summed E-state index contributed by atoms with van der Waals surface area (Å²) >= 11 is 0. The average molecular weight is 306 g/mol. The number of nitrogens with one attached hydrogen (secondary N) is 2. The van der Waals surface area contributed by atoms with Gasteiger partial charge >= 0.3 is 6.18 Å². The van der Waals surface area contributed by atoms with Crippen molar-refractivity contribution in [1.29, 1.82) is 0 Å². The Kier molecular flexibility index (Phi) is 3.12. The highest BCUT2D eigenvalue weighted by atomic mass is 19.4. The topological polar surface area (TPSA) is 48.6 Å². The summed E-state index contributed by atoms with van der Waals surface area (Å²) < 4.78 is 39.5. The zero-order valence-corrected chi connectivity index (χ0v) is 11.9. The van der Waals surface area contributed by atoms with E-state index < -0.39 is 17.3 Å². The van der Waals surface area contributed by atoms with Gasteiger partial charge in [0.25, 0.3) is 0 Å². The lowest BCUT2D eigenvalue weighted by Crippen LogP contribution is -2.13. The molecule has 1 aromatic carbocycles. The van der Waals surface area contributed by atoms with Crippen molar-refractivity contribution in [1.82, 2.24) is 9.97 Å². The van der Waals surface area contributed by atoms with E-state index in [0.717, 1.165) is 17.0 Å². The Labute approximate surface area is 123 Å². The fourth-order valence-electron chi connectivity index (χ4n) is 2.68. The first-order valence-electron chi connectivity index (χ1n) is 6.66. The Morgan fingerprint density at radius 2 is 1.73 bits per heavy atom. The van der Waals surface area contributed by atoms with Crippen molar-refractivity contribution in [3.05, 3.63) is 57.6 Å². The summed E-state index contributed by atoms with van der Waals surface area (Å²) in [6.07, 6.45) is -4.58. The minimum atomic E-state index is -4.58. The molecule has 0 aliphatic heterocycles. The van der Waals surface area contributed by atoms with Crippen molar-refractivity contribution in [3.63, 3.8) is 0 Å². The Balaban J connectivity index is 2.31. The summed E-state index contributed by atoms with van der Waals surface area (Å²) in [6.45, 7) is 3.75. The van der Waals surface area contributed by atoms with Gasteiger partial charge < -0.3 is 9.97 Å². The minimum absolute atomic E-state index is 0.0112. The van der Waals surface area contributed by atoms with Crippen LogP contribution in [0.5, 0.6) is 0 Å². The lowest BCUT2D eigenvalue weighted by molar-refractivity contribution is -0.136. The number of pyridine rings is 1. The van der Waals surface area contributed by atoms with Gasteiger partial charge in [0.2, 0.25) is 5.56 Å². The summed E-state index contributed by atoms with van der Waals surface area (Å²) in [5.41, 5.74) is 1.83. The SMILES string of the molecule is Cc1cc(-c2ccc3[nH]c(=O)cc(C(F)(F)F)c3c2)c(C)[nH]1. The van der Waals surface area contributed by atoms with Crippen LogP contribution >= 0.6 is 0 Å². The second-order valence-corrected chi connectivity index (χ2v) is 5.30. The third kappa shape index (κ3) is 2.41. The van der Waals surface area contributed by atoms with Crippen LogP contribution in [0.25, 0.3) is 22.0 Å². The number of aromatic nitrogens is 2. The van der Waals surface area contributed by atoms with Gasteiger partial charge in [0.05, 0.1) is 5.56 Å². The summed E-state index contributed by atoms with van der Waals surface area (Å²) in [5, 5.41) is -0.0112. The molecule has 2 N–H and O–H groups in total. The molecule has 3 rings (SSSR count). The van der Waals surface area contributed by atoms with Crippen molar-refractivity contribution in [2.75, 3.05) is 0 Å². The molecule has 0 saturated heterocycles. The van der Waals surface area contributed by atoms with Gasteiger partial charge in [-0.05, 0) is 37.6 Å². The van der Waals surface area contributed by atoms with Gasteiger partial charge in [-0.1, -0.05) is 6.07 Å². The van der Waals surface area contributed by atoms with Crippen LogP contribution in [0, 0.1) is 13.8 Å². The van der Waals surface area contributed by atoms with E-state index in [2.05, 4.69) is 9.97 Å². The number of rotatable bonds is 1. The maximum atomic E-state index is 13.2. The number of aryl methyl sites for hydroxylation is 2. The second-order valence-electron chi connectivity index (χ2n) is 5.30. The molecule has 2 aromatic heterocycles. The molecule has 0 amide bonds. The van der Waals surface area contributed by atoms with Gasteiger partial charge in [-0.3, -0.25) is 4.79 Å². The number of benzene rings is 1. The number of halogens is 3. The summed E-state index contributed by atoms with van der Waals surface area (Å²) in [4.78, 5) is 17.0. The number of hydrogen-bond acceptors (Lipinski definition) is 1. The molecule has 2 heterocycles. The van der Waals surface area contributed by atoms with Gasteiger partial charge in [-0.2, -0.15) is 13.2 Å². The fourth-order valence-corrected chi connectivity index (χ4v) is 2.68. The number of fused-ring (bicyclic) bond motifs is 1. The second kappa shape index (κ2) is 4.76. The molecule has 0 saturated carbocycles. The molecule has 0 atom stereocenters. The van der Waals surface area contributed by atoms with Crippen LogP contribution in [0.2, 0.25) is 0 Å². The first-order chi connectivity index (χ1) is 10.3. The Bertz CT molecular complexity index is 919. The van der Waals surface area contributed by atoms with Crippen molar-refractivity contribution in [2.45, 2.75) is 20.0 Å². The summed E-state index contributed by atoms with van der Waals surface area (Å²) in [7, 11) is 0. The molecule has 0 fully saturated rings. The van der Waals surface area contributed by atoms with E-state index in [0.29, 0.717) is 11.6 Å². The standard InChI is InChI=1S/C16H13F3N2O/c1-8-5-11(9(2)20-8)10-3-4-14-12(6-10)13(16(17,18)19)7-15(22)21-14/h3-7,20H,1-2H3,(H,21,22). The lowest BCUT2D eigenvalue weighted by atomic mass is 10.0. The van der Waals surface area contributed by atoms with Gasteiger partial charge in [0, 0.05) is 33.9 Å². The highest BCUT2D eigenvalue weighted by Crippen LogP contribution is 2.35. The van der Waals surface area contributed by atoms with Crippen LogP contribution in [-0.2, 0) is 6.18 Å². The molecular weight excluding hydrogens is 293 g/mol. The van der Waals surface area contributed by atoms with Crippen molar-refractivity contribution in [3.8, 4) is 11.1 Å². The van der Waals surface area contributed by atoms with Crippen LogP contribution in [0.1, 0.15) is 17.0 Å². The van der Waals surface area contributed by atoms with E-state index in [4.69, 9.17) is 0 Å². The van der Waals surface area contributed by atoms with E-state index in [-0.39, 0.29) is 10.9 Å². The van der Waals surface area contributed by atoms with Crippen LogP contribution in [0.4, 0.5) is 13.2 Å². The first-order valence-corrected chi connectivity index (χ1v) is 6.66. The molecule has 0 aliphatic carbocycles. The van der Waals surface area contributed by atoms with E-state index >= 15 is 0 Å². The molecule has 6 heteroatoms. The molecule has 3 nitrogen and oxygen atoms in total. The van der Waals surface area contributed by atoms with Crippen LogP contribution in [-0.4, -0.2) is 9.97 Å². The molecule has 114 valence electrons. The number of alkyl halides is 3. The van der Waals surface area contributed by atoms with E-state index in [1.165, 1.54) is 12.1 Å². The van der Waals surface area contributed by atoms with Crippen molar-refractivity contribution >= 4 is 10.9 Å². The molecular formula is C16H13F3N2O. The fraction of sp³-hybridized carbons (Fsp3) is 0.188. The van der Waals surface area contributed by atoms with E-state index in [1.807, 2.05) is 19.9 Å². The van der Waals surface area contributed by atoms with Gasteiger partial charge in [0.1, 0.15) is 0 Å². The first kappa shape index (κ1) is 14.4. The van der Waals surface area contributed by atoms with Crippen LogP contribution in [0.15, 0.2) is 35.1 Å². The maximum Gasteiger partial charge on any atom is 0.417 e. The summed E-state index contributed by atoms with van der Waals surface area (Å²) in [6, 6.07) is 7.15. The van der Waals surface area contributed by atoms with Crippen molar-refractivity contribution < 1.29 is 13.2 Å². The third-order valence-electron chi connectivity index (χ3n) is 3.61. The van der Waals surface area contributed by atoms with Crippen LogP contribution in [0.3, 0.4) is 0 Å². The minimum Gasteiger partial charge on any atom is -0.362 e. The highest BCUT2D eigenvalue weighted by molar-refractivity contribution is 5.88. The molecule has 3 aromatic rings. The van der Waals surface area contributed by atoms with Gasteiger partial charge in [-0.15, -0.1) is 0 Å². The molecule has 0 bridgehead atoms. The van der Waals surface area contributed by atoms with E-state index in [1.54, 1.807) is 6.07 Å². The smallest absolute Gasteiger partial charge is 0.362 e. The van der Waals surface area contributed by atoms with Gasteiger partial charge in [-0.25, -0.2) is 0 Å². The molecule has 0 unspecified atom stereocenters. The predicted molar refractivity (Wildman–Crippen MR) is 78.8 cm³/mol. The Morgan fingerprint density at radius 1 is 1.00 bits per heavy atom. The molecule has 0 radical (unpaired) electrons. The quantitative estimate of drug-likeness (QED) is 0.697. The normalized spacial score (nSPS) is 12.0. The van der Waals surface area contributed by atoms with Crippen molar-refractivity contribution in [2.24, 2.45) is 0 Å². The monoisotopic (exact) mass is 306 g/mol. The molecule has 0 spiro atoms. The Morgan fingerprint density at radius 3 is 2.32 bits per heavy atom. The Hall–Kier alpha value is -2.50. The maximum absolute atomic E-state index is 13.2. The zero-order valence-electron chi connectivity index (χ0n) is 11.9. The highest BCUT2D eigenvalue weighted by Gasteiger charge is 2.33. The lowest BCUT2D eigenvalue weighted by Gasteiger charge is -2.11. The largest absolute Gasteiger partial charge is 0.417 e. The number of hydrogen-bond donors (Lipinski definition) is 2. The third-order valence-corrected chi connectivity index (χ3v) is 3.61.